The van der Waals surface area contributed by atoms with Gasteiger partial charge < -0.3 is 9.72 Å². The molecular formula is C15H12N4O3. The number of pyridine rings is 1. The number of fused-ring (bicyclic) bond motifs is 2. The molecule has 1 aliphatic heterocycles. The number of ether oxygens (including phenoxy) is 1. The second-order valence-electron chi connectivity index (χ2n) is 5.28. The second kappa shape index (κ2) is 4.52. The van der Waals surface area contributed by atoms with E-state index in [9.17, 15) is 9.59 Å². The SMILES string of the molecule is Cc1cc2c(c(=O)[nH]1)[C@@H](c1cnn3cccnc13)CC(=O)O2. The van der Waals surface area contributed by atoms with Crippen molar-refractivity contribution in [3.63, 3.8) is 0 Å². The van der Waals surface area contributed by atoms with Gasteiger partial charge in [0.25, 0.3) is 5.56 Å². The van der Waals surface area contributed by atoms with Crippen molar-refractivity contribution in [1.82, 2.24) is 19.6 Å². The molecule has 22 heavy (non-hydrogen) atoms. The summed E-state index contributed by atoms with van der Waals surface area (Å²) in [6, 6.07) is 3.43. The van der Waals surface area contributed by atoms with E-state index in [0.29, 0.717) is 22.7 Å². The summed E-state index contributed by atoms with van der Waals surface area (Å²) in [4.78, 5) is 31.3. The molecule has 110 valence electrons. The monoisotopic (exact) mass is 296 g/mol. The van der Waals surface area contributed by atoms with Gasteiger partial charge in [-0.3, -0.25) is 9.59 Å². The Hall–Kier alpha value is -2.96. The Morgan fingerprint density at radius 2 is 2.27 bits per heavy atom. The van der Waals surface area contributed by atoms with Gasteiger partial charge in [-0.1, -0.05) is 0 Å². The highest BCUT2D eigenvalue weighted by atomic mass is 16.5. The Balaban J connectivity index is 1.97. The molecule has 3 aromatic rings. The fourth-order valence-electron chi connectivity index (χ4n) is 2.87. The number of aromatic nitrogens is 4. The van der Waals surface area contributed by atoms with E-state index in [1.807, 2.05) is 0 Å². The minimum absolute atomic E-state index is 0.0943. The van der Waals surface area contributed by atoms with Crippen LogP contribution >= 0.6 is 0 Å². The highest BCUT2D eigenvalue weighted by Crippen LogP contribution is 2.37. The lowest BCUT2D eigenvalue weighted by atomic mass is 9.88. The third-order valence-electron chi connectivity index (χ3n) is 3.79. The molecule has 7 nitrogen and oxygen atoms in total. The molecule has 1 N–H and O–H groups in total. The predicted molar refractivity (Wildman–Crippen MR) is 76.9 cm³/mol. The van der Waals surface area contributed by atoms with Gasteiger partial charge >= 0.3 is 5.97 Å². The summed E-state index contributed by atoms with van der Waals surface area (Å²) in [6.07, 6.45) is 5.17. The lowest BCUT2D eigenvalue weighted by Crippen LogP contribution is -2.28. The zero-order valence-corrected chi connectivity index (χ0v) is 11.7. The molecule has 1 atom stereocenters. The molecule has 0 aromatic carbocycles. The topological polar surface area (TPSA) is 89.4 Å². The van der Waals surface area contributed by atoms with Gasteiger partial charge in [0.15, 0.2) is 5.65 Å². The van der Waals surface area contributed by atoms with E-state index in [1.165, 1.54) is 0 Å². The van der Waals surface area contributed by atoms with Crippen LogP contribution in [0.4, 0.5) is 0 Å². The van der Waals surface area contributed by atoms with Crippen LogP contribution in [0.5, 0.6) is 5.75 Å². The molecule has 0 saturated carbocycles. The molecule has 0 unspecified atom stereocenters. The summed E-state index contributed by atoms with van der Waals surface area (Å²) in [5.74, 6) is -0.455. The molecule has 4 heterocycles. The van der Waals surface area contributed by atoms with Crippen LogP contribution < -0.4 is 10.3 Å². The fourth-order valence-corrected chi connectivity index (χ4v) is 2.87. The molecule has 0 saturated heterocycles. The van der Waals surface area contributed by atoms with Gasteiger partial charge in [0, 0.05) is 35.6 Å². The van der Waals surface area contributed by atoms with Crippen LogP contribution in [0.15, 0.2) is 35.5 Å². The van der Waals surface area contributed by atoms with E-state index in [4.69, 9.17) is 4.74 Å². The van der Waals surface area contributed by atoms with Crippen molar-refractivity contribution in [1.29, 1.82) is 0 Å². The summed E-state index contributed by atoms with van der Waals surface area (Å²) >= 11 is 0. The fraction of sp³-hybridized carbons (Fsp3) is 0.200. The molecular weight excluding hydrogens is 284 g/mol. The Morgan fingerprint density at radius 1 is 1.41 bits per heavy atom. The zero-order chi connectivity index (χ0) is 15.3. The maximum Gasteiger partial charge on any atom is 0.312 e. The molecule has 3 aromatic heterocycles. The number of rotatable bonds is 1. The van der Waals surface area contributed by atoms with Crippen LogP contribution in [0.1, 0.15) is 29.2 Å². The second-order valence-corrected chi connectivity index (χ2v) is 5.28. The third kappa shape index (κ3) is 1.82. The Kier molecular flexibility index (Phi) is 2.62. The van der Waals surface area contributed by atoms with Crippen molar-refractivity contribution < 1.29 is 9.53 Å². The molecule has 0 bridgehead atoms. The number of nitrogens with one attached hydrogen (secondary N) is 1. The number of carbonyl (C=O) groups excluding carboxylic acids is 1. The summed E-state index contributed by atoms with van der Waals surface area (Å²) < 4.78 is 6.85. The number of carbonyl (C=O) groups is 1. The maximum atomic E-state index is 12.3. The van der Waals surface area contributed by atoms with Gasteiger partial charge in [0.2, 0.25) is 0 Å². The third-order valence-corrected chi connectivity index (χ3v) is 3.79. The van der Waals surface area contributed by atoms with Crippen molar-refractivity contribution in [3.05, 3.63) is 57.9 Å². The molecule has 0 amide bonds. The predicted octanol–water partition coefficient (Wildman–Crippen LogP) is 1.17. The van der Waals surface area contributed by atoms with Gasteiger partial charge in [-0.05, 0) is 13.0 Å². The molecule has 0 aliphatic carbocycles. The zero-order valence-electron chi connectivity index (χ0n) is 11.7. The number of hydrogen-bond acceptors (Lipinski definition) is 5. The minimum atomic E-state index is -0.409. The van der Waals surface area contributed by atoms with Crippen LogP contribution in [0.3, 0.4) is 0 Å². The van der Waals surface area contributed by atoms with Gasteiger partial charge in [-0.25, -0.2) is 9.50 Å². The van der Waals surface area contributed by atoms with E-state index < -0.39 is 5.92 Å². The molecule has 0 radical (unpaired) electrons. The van der Waals surface area contributed by atoms with Gasteiger partial charge in [-0.2, -0.15) is 5.10 Å². The average Bonchev–Trinajstić information content (AvgIpc) is 2.89. The number of aryl methyl sites for hydroxylation is 1. The van der Waals surface area contributed by atoms with E-state index >= 15 is 0 Å². The van der Waals surface area contributed by atoms with Gasteiger partial charge in [0.1, 0.15) is 5.75 Å². The van der Waals surface area contributed by atoms with Gasteiger partial charge in [0.05, 0.1) is 18.2 Å². The van der Waals surface area contributed by atoms with Crippen molar-refractivity contribution in [2.75, 3.05) is 0 Å². The van der Waals surface area contributed by atoms with Crippen molar-refractivity contribution in [2.45, 2.75) is 19.3 Å². The molecule has 0 fully saturated rings. The highest BCUT2D eigenvalue weighted by Gasteiger charge is 2.33. The van der Waals surface area contributed by atoms with Crippen LogP contribution in [0.25, 0.3) is 5.65 Å². The number of hydrogen-bond donors (Lipinski definition) is 1. The summed E-state index contributed by atoms with van der Waals surface area (Å²) in [7, 11) is 0. The smallest absolute Gasteiger partial charge is 0.312 e. The quantitative estimate of drug-likeness (QED) is 0.681. The van der Waals surface area contributed by atoms with E-state index in [2.05, 4.69) is 15.1 Å². The number of aromatic amines is 1. The van der Waals surface area contributed by atoms with Crippen molar-refractivity contribution in [3.8, 4) is 5.75 Å². The average molecular weight is 296 g/mol. The largest absolute Gasteiger partial charge is 0.426 e. The number of esters is 1. The Bertz CT molecular complexity index is 957. The number of H-pyrrole nitrogens is 1. The number of nitrogens with zero attached hydrogens (tertiary/aromatic N) is 3. The molecule has 4 rings (SSSR count). The van der Waals surface area contributed by atoms with Crippen molar-refractivity contribution in [2.24, 2.45) is 0 Å². The summed E-state index contributed by atoms with van der Waals surface area (Å²) in [5, 5.41) is 4.23. The van der Waals surface area contributed by atoms with Gasteiger partial charge in [-0.15, -0.1) is 0 Å². The first-order chi connectivity index (χ1) is 10.6. The minimum Gasteiger partial charge on any atom is -0.426 e. The van der Waals surface area contributed by atoms with Crippen LogP contribution in [0.2, 0.25) is 0 Å². The van der Waals surface area contributed by atoms with Crippen molar-refractivity contribution >= 4 is 11.6 Å². The lowest BCUT2D eigenvalue weighted by Gasteiger charge is -2.23. The first kappa shape index (κ1) is 12.8. The first-order valence-corrected chi connectivity index (χ1v) is 6.86. The van der Waals surface area contributed by atoms with E-state index in [1.54, 1.807) is 42.2 Å². The Labute approximate surface area is 124 Å². The van der Waals surface area contributed by atoms with E-state index in [0.717, 1.165) is 5.56 Å². The van der Waals surface area contributed by atoms with Crippen LogP contribution in [-0.2, 0) is 4.79 Å². The molecule has 0 spiro atoms. The summed E-state index contributed by atoms with van der Waals surface area (Å²) in [5.41, 5.74) is 2.23. The lowest BCUT2D eigenvalue weighted by molar-refractivity contribution is -0.135. The summed E-state index contributed by atoms with van der Waals surface area (Å²) in [6.45, 7) is 1.75. The molecule has 7 heteroatoms. The Morgan fingerprint density at radius 3 is 3.14 bits per heavy atom. The van der Waals surface area contributed by atoms with Crippen LogP contribution in [0, 0.1) is 6.92 Å². The van der Waals surface area contributed by atoms with Crippen LogP contribution in [-0.4, -0.2) is 25.6 Å². The highest BCUT2D eigenvalue weighted by molar-refractivity contribution is 5.78. The molecule has 1 aliphatic rings. The normalized spacial score (nSPS) is 17.3. The maximum absolute atomic E-state index is 12.3. The first-order valence-electron chi connectivity index (χ1n) is 6.86. The van der Waals surface area contributed by atoms with E-state index in [-0.39, 0.29) is 17.9 Å². The standard InChI is InChI=1S/C15H12N4O3/c1-8-5-11-13(15(21)18-8)9(6-12(20)22-11)10-7-17-19-4-2-3-16-14(10)19/h2-5,7,9H,6H2,1H3,(H,18,21)/t9-/m1/s1.